The van der Waals surface area contributed by atoms with E-state index < -0.39 is 0 Å². The lowest BCUT2D eigenvalue weighted by Gasteiger charge is -2.08. The van der Waals surface area contributed by atoms with Crippen LogP contribution in [0.1, 0.15) is 15.9 Å². The van der Waals surface area contributed by atoms with Gasteiger partial charge in [0.1, 0.15) is 5.75 Å². The van der Waals surface area contributed by atoms with Gasteiger partial charge in [0.15, 0.2) is 0 Å². The predicted octanol–water partition coefficient (Wildman–Crippen LogP) is 2.92. The summed E-state index contributed by atoms with van der Waals surface area (Å²) in [5, 5.41) is 5.94. The lowest BCUT2D eigenvalue weighted by Crippen LogP contribution is -2.12. The summed E-state index contributed by atoms with van der Waals surface area (Å²) in [4.78, 5) is 12.2. The Kier molecular flexibility index (Phi) is 3.29. The van der Waals surface area contributed by atoms with Crippen molar-refractivity contribution in [1.82, 2.24) is 0 Å². The van der Waals surface area contributed by atoms with Crippen molar-refractivity contribution >= 4 is 17.3 Å². The van der Waals surface area contributed by atoms with Gasteiger partial charge in [-0.25, -0.2) is 0 Å². The third-order valence-electron chi connectivity index (χ3n) is 3.36. The van der Waals surface area contributed by atoms with Gasteiger partial charge in [-0.05, 0) is 42.0 Å². The van der Waals surface area contributed by atoms with E-state index in [0.29, 0.717) is 5.56 Å². The first-order valence-electron chi connectivity index (χ1n) is 6.61. The van der Waals surface area contributed by atoms with Crippen molar-refractivity contribution in [3.8, 4) is 5.75 Å². The Hall–Kier alpha value is -2.49. The molecule has 20 heavy (non-hydrogen) atoms. The van der Waals surface area contributed by atoms with Crippen molar-refractivity contribution in [2.75, 3.05) is 24.3 Å². The van der Waals surface area contributed by atoms with Crippen LogP contribution < -0.4 is 15.4 Å². The molecule has 0 saturated carbocycles. The molecular weight excluding hydrogens is 252 g/mol. The fraction of sp³-hybridized carbons (Fsp3) is 0.188. The van der Waals surface area contributed by atoms with Crippen LogP contribution in [0, 0.1) is 0 Å². The zero-order valence-electron chi connectivity index (χ0n) is 11.3. The van der Waals surface area contributed by atoms with Crippen molar-refractivity contribution < 1.29 is 9.53 Å². The minimum Gasteiger partial charge on any atom is -0.493 e. The second-order valence-electron chi connectivity index (χ2n) is 4.71. The second kappa shape index (κ2) is 5.25. The Bertz CT molecular complexity index is 653. The molecule has 0 radical (unpaired) electrons. The first-order chi connectivity index (χ1) is 9.76. The van der Waals surface area contributed by atoms with Gasteiger partial charge in [-0.1, -0.05) is 6.07 Å². The minimum atomic E-state index is -0.110. The smallest absolute Gasteiger partial charge is 0.255 e. The topological polar surface area (TPSA) is 50.4 Å². The lowest BCUT2D eigenvalue weighted by molar-refractivity contribution is 0.102. The minimum absolute atomic E-state index is 0.110. The molecule has 2 aromatic rings. The molecule has 2 aromatic carbocycles. The fourth-order valence-electron chi connectivity index (χ4n) is 2.28. The number of amides is 1. The van der Waals surface area contributed by atoms with E-state index in [1.165, 1.54) is 0 Å². The van der Waals surface area contributed by atoms with Gasteiger partial charge >= 0.3 is 0 Å². The van der Waals surface area contributed by atoms with Crippen molar-refractivity contribution in [3.05, 3.63) is 53.6 Å². The Morgan fingerprint density at radius 3 is 2.90 bits per heavy atom. The molecule has 0 bridgehead atoms. The van der Waals surface area contributed by atoms with Gasteiger partial charge in [0.05, 0.1) is 6.61 Å². The van der Waals surface area contributed by atoms with Crippen LogP contribution in [0.15, 0.2) is 42.5 Å². The maximum Gasteiger partial charge on any atom is 0.255 e. The SMILES string of the molecule is CNc1cccc(C(=O)Nc2ccc3c(c2)CCO3)c1. The maximum absolute atomic E-state index is 12.2. The molecular formula is C16H16N2O2. The van der Waals surface area contributed by atoms with Gasteiger partial charge < -0.3 is 15.4 Å². The van der Waals surface area contributed by atoms with Crippen molar-refractivity contribution in [3.63, 3.8) is 0 Å². The summed E-state index contributed by atoms with van der Waals surface area (Å²) >= 11 is 0. The molecule has 3 rings (SSSR count). The van der Waals surface area contributed by atoms with Crippen LogP contribution in [0.2, 0.25) is 0 Å². The number of hydrogen-bond acceptors (Lipinski definition) is 3. The Labute approximate surface area is 117 Å². The molecule has 1 aliphatic rings. The summed E-state index contributed by atoms with van der Waals surface area (Å²) < 4.78 is 5.45. The van der Waals surface area contributed by atoms with Crippen LogP contribution in [-0.4, -0.2) is 19.6 Å². The molecule has 0 fully saturated rings. The highest BCUT2D eigenvalue weighted by atomic mass is 16.5. The summed E-state index contributed by atoms with van der Waals surface area (Å²) in [6, 6.07) is 13.1. The molecule has 2 N–H and O–H groups in total. The Balaban J connectivity index is 1.78. The monoisotopic (exact) mass is 268 g/mol. The first kappa shape index (κ1) is 12.5. The van der Waals surface area contributed by atoms with Crippen LogP contribution in [0.3, 0.4) is 0 Å². The molecule has 1 amide bonds. The number of carbonyl (C=O) groups excluding carboxylic acids is 1. The maximum atomic E-state index is 12.2. The quantitative estimate of drug-likeness (QED) is 0.900. The zero-order valence-corrected chi connectivity index (χ0v) is 11.3. The van der Waals surface area contributed by atoms with E-state index in [0.717, 1.165) is 35.7 Å². The Morgan fingerprint density at radius 2 is 2.05 bits per heavy atom. The van der Waals surface area contributed by atoms with Gasteiger partial charge in [0, 0.05) is 30.4 Å². The number of ether oxygens (including phenoxy) is 1. The van der Waals surface area contributed by atoms with Crippen molar-refractivity contribution in [2.24, 2.45) is 0 Å². The molecule has 0 atom stereocenters. The number of hydrogen-bond donors (Lipinski definition) is 2. The van der Waals surface area contributed by atoms with E-state index in [1.54, 1.807) is 6.07 Å². The standard InChI is InChI=1S/C16H16N2O2/c1-17-13-4-2-3-12(10-13)16(19)18-14-5-6-15-11(9-14)7-8-20-15/h2-6,9-10,17H,7-8H2,1H3,(H,18,19). The third-order valence-corrected chi connectivity index (χ3v) is 3.36. The van der Waals surface area contributed by atoms with Gasteiger partial charge in [-0.2, -0.15) is 0 Å². The van der Waals surface area contributed by atoms with E-state index >= 15 is 0 Å². The molecule has 1 aliphatic heterocycles. The van der Waals surface area contributed by atoms with Crippen LogP contribution in [0.25, 0.3) is 0 Å². The van der Waals surface area contributed by atoms with E-state index in [1.807, 2.05) is 43.4 Å². The van der Waals surface area contributed by atoms with Crippen LogP contribution in [-0.2, 0) is 6.42 Å². The number of fused-ring (bicyclic) bond motifs is 1. The molecule has 1 heterocycles. The van der Waals surface area contributed by atoms with Gasteiger partial charge in [-0.3, -0.25) is 4.79 Å². The average molecular weight is 268 g/mol. The third kappa shape index (κ3) is 2.45. The molecule has 4 nitrogen and oxygen atoms in total. The van der Waals surface area contributed by atoms with Gasteiger partial charge in [0.2, 0.25) is 0 Å². The summed E-state index contributed by atoms with van der Waals surface area (Å²) in [5.74, 6) is 0.807. The number of carbonyl (C=O) groups is 1. The van der Waals surface area contributed by atoms with E-state index in [9.17, 15) is 4.79 Å². The van der Waals surface area contributed by atoms with Crippen LogP contribution in [0.4, 0.5) is 11.4 Å². The Morgan fingerprint density at radius 1 is 1.15 bits per heavy atom. The molecule has 0 spiro atoms. The summed E-state index contributed by atoms with van der Waals surface area (Å²) in [6.07, 6.45) is 0.897. The highest BCUT2D eigenvalue weighted by Crippen LogP contribution is 2.28. The number of rotatable bonds is 3. The molecule has 0 aromatic heterocycles. The summed E-state index contributed by atoms with van der Waals surface area (Å²) in [7, 11) is 1.83. The zero-order chi connectivity index (χ0) is 13.9. The molecule has 102 valence electrons. The highest BCUT2D eigenvalue weighted by molar-refractivity contribution is 6.04. The average Bonchev–Trinajstić information content (AvgIpc) is 2.95. The first-order valence-corrected chi connectivity index (χ1v) is 6.61. The predicted molar refractivity (Wildman–Crippen MR) is 79.6 cm³/mol. The van der Waals surface area contributed by atoms with Gasteiger partial charge in [0.25, 0.3) is 5.91 Å². The summed E-state index contributed by atoms with van der Waals surface area (Å²) in [6.45, 7) is 0.719. The number of anilines is 2. The number of benzene rings is 2. The van der Waals surface area contributed by atoms with E-state index in [-0.39, 0.29) is 5.91 Å². The molecule has 0 unspecified atom stereocenters. The lowest BCUT2D eigenvalue weighted by atomic mass is 10.1. The normalized spacial score (nSPS) is 12.4. The van der Waals surface area contributed by atoms with Crippen LogP contribution in [0.5, 0.6) is 5.75 Å². The van der Waals surface area contributed by atoms with Crippen LogP contribution >= 0.6 is 0 Å². The fourth-order valence-corrected chi connectivity index (χ4v) is 2.28. The van der Waals surface area contributed by atoms with E-state index in [4.69, 9.17) is 4.74 Å². The number of nitrogens with one attached hydrogen (secondary N) is 2. The molecule has 4 heteroatoms. The molecule has 0 aliphatic carbocycles. The van der Waals surface area contributed by atoms with E-state index in [2.05, 4.69) is 10.6 Å². The van der Waals surface area contributed by atoms with Crippen molar-refractivity contribution in [1.29, 1.82) is 0 Å². The highest BCUT2D eigenvalue weighted by Gasteiger charge is 2.13. The largest absolute Gasteiger partial charge is 0.493 e. The van der Waals surface area contributed by atoms with Gasteiger partial charge in [-0.15, -0.1) is 0 Å². The summed E-state index contributed by atoms with van der Waals surface area (Å²) in [5.41, 5.74) is 3.49. The molecule has 0 saturated heterocycles. The second-order valence-corrected chi connectivity index (χ2v) is 4.71. The van der Waals surface area contributed by atoms with Crippen molar-refractivity contribution in [2.45, 2.75) is 6.42 Å².